The largest absolute Gasteiger partial charge is 0.299 e. The number of ketones is 1. The molecule has 2 nitrogen and oxygen atoms in total. The van der Waals surface area contributed by atoms with Gasteiger partial charge in [0.1, 0.15) is 5.78 Å². The van der Waals surface area contributed by atoms with Crippen LogP contribution in [0.1, 0.15) is 25.3 Å². The van der Waals surface area contributed by atoms with Crippen LogP contribution in [0.4, 0.5) is 0 Å². The first-order valence-corrected chi connectivity index (χ1v) is 6.42. The molecule has 0 fully saturated rings. The first kappa shape index (κ1) is 12.1. The van der Waals surface area contributed by atoms with Gasteiger partial charge in [0.05, 0.1) is 16.6 Å². The van der Waals surface area contributed by atoms with Gasteiger partial charge in [0.15, 0.2) is 0 Å². The maximum atomic E-state index is 11.8. The summed E-state index contributed by atoms with van der Waals surface area (Å²) in [4.78, 5) is 12.1. The molecule has 0 spiro atoms. The Morgan fingerprint density at radius 2 is 2.13 bits per heavy atom. The number of aryl methyl sites for hydroxylation is 1. The summed E-state index contributed by atoms with van der Waals surface area (Å²) >= 11 is 0. The van der Waals surface area contributed by atoms with E-state index in [4.69, 9.17) is 0 Å². The molecule has 0 aromatic heterocycles. The zero-order chi connectivity index (χ0) is 11.3. The molecule has 1 unspecified atom stereocenters. The van der Waals surface area contributed by atoms with Crippen molar-refractivity contribution < 1.29 is 9.00 Å². The van der Waals surface area contributed by atoms with Crippen LogP contribution < -0.4 is 0 Å². The minimum absolute atomic E-state index is 0.0809. The van der Waals surface area contributed by atoms with E-state index >= 15 is 0 Å². The molecule has 1 aromatic rings. The van der Waals surface area contributed by atoms with E-state index < -0.39 is 10.8 Å². The summed E-state index contributed by atoms with van der Waals surface area (Å²) in [7, 11) is -1.17. The minimum Gasteiger partial charge on any atom is -0.299 e. The number of hydrogen-bond acceptors (Lipinski definition) is 2. The first-order valence-electron chi connectivity index (χ1n) is 5.10. The average molecular weight is 224 g/mol. The van der Waals surface area contributed by atoms with Crippen LogP contribution >= 0.6 is 0 Å². The number of rotatable bonds is 5. The van der Waals surface area contributed by atoms with E-state index in [1.807, 2.05) is 38.1 Å². The SMILES string of the molecule is CCCC(=O)CS(=O)c1cccc(C)c1. The lowest BCUT2D eigenvalue weighted by molar-refractivity contribution is -0.116. The van der Waals surface area contributed by atoms with Gasteiger partial charge >= 0.3 is 0 Å². The number of hydrogen-bond donors (Lipinski definition) is 0. The Hall–Kier alpha value is -0.960. The monoisotopic (exact) mass is 224 g/mol. The van der Waals surface area contributed by atoms with Crippen molar-refractivity contribution in [3.8, 4) is 0 Å². The second-order valence-corrected chi connectivity index (χ2v) is 5.05. The third-order valence-corrected chi connectivity index (χ3v) is 3.44. The van der Waals surface area contributed by atoms with Crippen LogP contribution in [0.2, 0.25) is 0 Å². The molecule has 0 aliphatic carbocycles. The highest BCUT2D eigenvalue weighted by Crippen LogP contribution is 2.09. The number of benzene rings is 1. The van der Waals surface area contributed by atoms with Crippen molar-refractivity contribution in [2.75, 3.05) is 5.75 Å². The molecule has 1 aromatic carbocycles. The summed E-state index contributed by atoms with van der Waals surface area (Å²) in [5.41, 5.74) is 1.07. The normalized spacial score (nSPS) is 12.4. The fourth-order valence-corrected chi connectivity index (χ4v) is 2.49. The molecule has 0 heterocycles. The molecule has 0 radical (unpaired) electrons. The molecule has 1 atom stereocenters. The number of carbonyl (C=O) groups excluding carboxylic acids is 1. The fourth-order valence-electron chi connectivity index (χ4n) is 1.34. The van der Waals surface area contributed by atoms with Crippen LogP contribution in [-0.2, 0) is 15.6 Å². The molecule has 0 amide bonds. The van der Waals surface area contributed by atoms with Crippen molar-refractivity contribution in [2.24, 2.45) is 0 Å². The van der Waals surface area contributed by atoms with E-state index in [1.165, 1.54) is 0 Å². The Balaban J connectivity index is 2.65. The predicted molar refractivity (Wildman–Crippen MR) is 62.4 cm³/mol. The van der Waals surface area contributed by atoms with Crippen LogP contribution in [0.5, 0.6) is 0 Å². The van der Waals surface area contributed by atoms with Crippen LogP contribution in [-0.4, -0.2) is 15.7 Å². The Kier molecular flexibility index (Phi) is 4.69. The fraction of sp³-hybridized carbons (Fsp3) is 0.417. The van der Waals surface area contributed by atoms with E-state index in [2.05, 4.69) is 0 Å². The van der Waals surface area contributed by atoms with Crippen molar-refractivity contribution >= 4 is 16.6 Å². The van der Waals surface area contributed by atoms with Gasteiger partial charge in [0, 0.05) is 11.3 Å². The predicted octanol–water partition coefficient (Wildman–Crippen LogP) is 2.47. The summed E-state index contributed by atoms with van der Waals surface area (Å²) in [6, 6.07) is 7.50. The molecule has 15 heavy (non-hydrogen) atoms. The third-order valence-electron chi connectivity index (χ3n) is 2.07. The van der Waals surface area contributed by atoms with Crippen molar-refractivity contribution in [3.05, 3.63) is 29.8 Å². The van der Waals surface area contributed by atoms with Crippen LogP contribution in [0, 0.1) is 6.92 Å². The highest BCUT2D eigenvalue weighted by atomic mass is 32.2. The van der Waals surface area contributed by atoms with Gasteiger partial charge in [-0.3, -0.25) is 9.00 Å². The van der Waals surface area contributed by atoms with Gasteiger partial charge < -0.3 is 0 Å². The smallest absolute Gasteiger partial charge is 0.145 e. The zero-order valence-electron chi connectivity index (χ0n) is 9.16. The highest BCUT2D eigenvalue weighted by Gasteiger charge is 2.09. The van der Waals surface area contributed by atoms with Gasteiger partial charge in [-0.2, -0.15) is 0 Å². The third kappa shape index (κ3) is 3.96. The Bertz CT molecular complexity index is 372. The lowest BCUT2D eigenvalue weighted by Crippen LogP contribution is -2.10. The van der Waals surface area contributed by atoms with E-state index in [0.717, 1.165) is 16.9 Å². The van der Waals surface area contributed by atoms with Crippen molar-refractivity contribution in [1.29, 1.82) is 0 Å². The summed E-state index contributed by atoms with van der Waals surface area (Å²) in [6.07, 6.45) is 1.35. The highest BCUT2D eigenvalue weighted by molar-refractivity contribution is 7.85. The summed E-state index contributed by atoms with van der Waals surface area (Å²) in [6.45, 7) is 3.90. The van der Waals surface area contributed by atoms with E-state index in [1.54, 1.807) is 0 Å². The Morgan fingerprint density at radius 1 is 1.40 bits per heavy atom. The van der Waals surface area contributed by atoms with Gasteiger partial charge in [0.2, 0.25) is 0 Å². The molecule has 0 aliphatic heterocycles. The standard InChI is InChI=1S/C12H16O2S/c1-3-5-11(13)9-15(14)12-7-4-6-10(2)8-12/h4,6-8H,3,5,9H2,1-2H3. The second-order valence-electron chi connectivity index (χ2n) is 3.60. The molecule has 0 aliphatic rings. The Morgan fingerprint density at radius 3 is 2.73 bits per heavy atom. The summed E-state index contributed by atoms with van der Waals surface area (Å²) in [5.74, 6) is 0.231. The molecule has 82 valence electrons. The summed E-state index contributed by atoms with van der Waals surface area (Å²) < 4.78 is 11.8. The Labute approximate surface area is 93.2 Å². The molecular weight excluding hydrogens is 208 g/mol. The molecule has 1 rings (SSSR count). The number of Topliss-reactive ketones (excluding diaryl/α,β-unsaturated/α-hetero) is 1. The molecule has 0 N–H and O–H groups in total. The molecule has 0 bridgehead atoms. The summed E-state index contributed by atoms with van der Waals surface area (Å²) in [5, 5.41) is 0. The molecule has 0 saturated heterocycles. The van der Waals surface area contributed by atoms with Gasteiger partial charge in [-0.1, -0.05) is 19.1 Å². The van der Waals surface area contributed by atoms with Crippen molar-refractivity contribution in [2.45, 2.75) is 31.6 Å². The van der Waals surface area contributed by atoms with E-state index in [0.29, 0.717) is 6.42 Å². The zero-order valence-corrected chi connectivity index (χ0v) is 9.97. The van der Waals surface area contributed by atoms with E-state index in [-0.39, 0.29) is 11.5 Å². The first-order chi connectivity index (χ1) is 7.13. The van der Waals surface area contributed by atoms with Gasteiger partial charge in [-0.25, -0.2) is 0 Å². The van der Waals surface area contributed by atoms with Gasteiger partial charge in [0.25, 0.3) is 0 Å². The van der Waals surface area contributed by atoms with Crippen LogP contribution in [0.25, 0.3) is 0 Å². The maximum Gasteiger partial charge on any atom is 0.145 e. The lowest BCUT2D eigenvalue weighted by Gasteiger charge is -2.02. The molecule has 0 saturated carbocycles. The van der Waals surface area contributed by atoms with Crippen molar-refractivity contribution in [1.82, 2.24) is 0 Å². The average Bonchev–Trinajstić information content (AvgIpc) is 2.18. The van der Waals surface area contributed by atoms with E-state index in [9.17, 15) is 9.00 Å². The quantitative estimate of drug-likeness (QED) is 0.770. The van der Waals surface area contributed by atoms with Gasteiger partial charge in [-0.15, -0.1) is 0 Å². The number of carbonyl (C=O) groups is 1. The molecule has 3 heteroatoms. The molecular formula is C12H16O2S. The van der Waals surface area contributed by atoms with Crippen LogP contribution in [0.3, 0.4) is 0 Å². The second kappa shape index (κ2) is 5.81. The van der Waals surface area contributed by atoms with Crippen molar-refractivity contribution in [3.63, 3.8) is 0 Å². The van der Waals surface area contributed by atoms with Crippen LogP contribution in [0.15, 0.2) is 29.2 Å². The minimum atomic E-state index is -1.17. The maximum absolute atomic E-state index is 11.8. The van der Waals surface area contributed by atoms with Gasteiger partial charge in [-0.05, 0) is 31.0 Å². The lowest BCUT2D eigenvalue weighted by atomic mass is 10.2. The topological polar surface area (TPSA) is 34.1 Å².